The number of benzene rings is 1. The molecule has 0 spiro atoms. The fourth-order valence-corrected chi connectivity index (χ4v) is 2.50. The first-order chi connectivity index (χ1) is 8.04. The predicted molar refractivity (Wildman–Crippen MR) is 74.5 cm³/mol. The Morgan fingerprint density at radius 3 is 2.41 bits per heavy atom. The zero-order valence-electron chi connectivity index (χ0n) is 11.4. The second kappa shape index (κ2) is 4.53. The molecular formula is C15H22N2. The van der Waals surface area contributed by atoms with E-state index in [0.29, 0.717) is 12.1 Å². The van der Waals surface area contributed by atoms with Crippen LogP contribution in [0.3, 0.4) is 0 Å². The molecule has 0 saturated carbocycles. The van der Waals surface area contributed by atoms with Gasteiger partial charge < -0.3 is 9.88 Å². The third-order valence-electron chi connectivity index (χ3n) is 3.51. The first-order valence-corrected chi connectivity index (χ1v) is 6.33. The summed E-state index contributed by atoms with van der Waals surface area (Å²) in [5.74, 6) is 0. The van der Waals surface area contributed by atoms with Crippen molar-refractivity contribution in [1.29, 1.82) is 0 Å². The minimum absolute atomic E-state index is 0.398. The second-order valence-electron chi connectivity index (χ2n) is 5.08. The minimum Gasteiger partial charge on any atom is -0.342 e. The normalized spacial score (nSPS) is 13.5. The van der Waals surface area contributed by atoms with Gasteiger partial charge in [-0.25, -0.2) is 0 Å². The molecule has 2 aromatic rings. The lowest BCUT2D eigenvalue weighted by Gasteiger charge is -2.15. The van der Waals surface area contributed by atoms with Gasteiger partial charge in [0.2, 0.25) is 0 Å². The molecule has 17 heavy (non-hydrogen) atoms. The summed E-state index contributed by atoms with van der Waals surface area (Å²) in [6.07, 6.45) is 0. The Balaban J connectivity index is 2.62. The van der Waals surface area contributed by atoms with Gasteiger partial charge in [0.05, 0.1) is 0 Å². The lowest BCUT2D eigenvalue weighted by atomic mass is 10.1. The summed E-state index contributed by atoms with van der Waals surface area (Å²) >= 11 is 0. The minimum atomic E-state index is 0.398. The highest BCUT2D eigenvalue weighted by molar-refractivity contribution is 5.82. The maximum absolute atomic E-state index is 3.29. The smallest absolute Gasteiger partial charge is 0.0488 e. The molecule has 1 unspecified atom stereocenters. The van der Waals surface area contributed by atoms with E-state index in [1.807, 2.05) is 7.05 Å². The van der Waals surface area contributed by atoms with Gasteiger partial charge in [0.25, 0.3) is 0 Å². The Morgan fingerprint density at radius 1 is 1.12 bits per heavy atom. The van der Waals surface area contributed by atoms with Crippen molar-refractivity contribution in [3.63, 3.8) is 0 Å². The highest BCUT2D eigenvalue weighted by Crippen LogP contribution is 2.26. The number of rotatable bonds is 3. The van der Waals surface area contributed by atoms with Crippen molar-refractivity contribution < 1.29 is 0 Å². The van der Waals surface area contributed by atoms with E-state index < -0.39 is 0 Å². The summed E-state index contributed by atoms with van der Waals surface area (Å²) < 4.78 is 2.40. The van der Waals surface area contributed by atoms with Crippen LogP contribution in [-0.4, -0.2) is 11.6 Å². The molecule has 2 rings (SSSR count). The molecule has 0 amide bonds. The van der Waals surface area contributed by atoms with Gasteiger partial charge >= 0.3 is 0 Å². The van der Waals surface area contributed by atoms with Crippen LogP contribution in [0.4, 0.5) is 0 Å². The first kappa shape index (κ1) is 12.2. The van der Waals surface area contributed by atoms with Crippen LogP contribution < -0.4 is 5.32 Å². The number of hydrogen-bond acceptors (Lipinski definition) is 1. The molecule has 2 heteroatoms. The molecule has 0 fully saturated rings. The zero-order valence-corrected chi connectivity index (χ0v) is 11.4. The highest BCUT2D eigenvalue weighted by atomic mass is 15.0. The zero-order chi connectivity index (χ0) is 12.6. The van der Waals surface area contributed by atoms with E-state index in [1.165, 1.54) is 22.2 Å². The third-order valence-corrected chi connectivity index (χ3v) is 3.51. The van der Waals surface area contributed by atoms with E-state index in [4.69, 9.17) is 0 Å². The topological polar surface area (TPSA) is 17.0 Å². The van der Waals surface area contributed by atoms with E-state index in [0.717, 1.165) is 0 Å². The molecule has 0 aliphatic heterocycles. The quantitative estimate of drug-likeness (QED) is 0.848. The molecule has 1 N–H and O–H groups in total. The fourth-order valence-electron chi connectivity index (χ4n) is 2.50. The molecule has 0 bridgehead atoms. The number of nitrogens with one attached hydrogen (secondary N) is 1. The number of fused-ring (bicyclic) bond motifs is 1. The average Bonchev–Trinajstić information content (AvgIpc) is 2.62. The Kier molecular flexibility index (Phi) is 3.25. The first-order valence-electron chi connectivity index (χ1n) is 6.33. The predicted octanol–water partition coefficient (Wildman–Crippen LogP) is 3.81. The molecule has 1 aromatic carbocycles. The SMILES string of the molecule is CNC(C)c1ccc2cc(C)n(C(C)C)c2c1. The number of aryl methyl sites for hydroxylation is 1. The monoisotopic (exact) mass is 230 g/mol. The Labute approximate surface area is 104 Å². The molecule has 0 aliphatic rings. The molecule has 2 nitrogen and oxygen atoms in total. The van der Waals surface area contributed by atoms with Crippen molar-refractivity contribution in [3.05, 3.63) is 35.5 Å². The second-order valence-corrected chi connectivity index (χ2v) is 5.08. The Morgan fingerprint density at radius 2 is 1.82 bits per heavy atom. The van der Waals surface area contributed by atoms with Crippen molar-refractivity contribution in [3.8, 4) is 0 Å². The largest absolute Gasteiger partial charge is 0.342 e. The summed E-state index contributed by atoms with van der Waals surface area (Å²) in [6, 6.07) is 9.92. The molecule has 1 heterocycles. The number of hydrogen-bond donors (Lipinski definition) is 1. The van der Waals surface area contributed by atoms with Crippen LogP contribution in [-0.2, 0) is 0 Å². The molecule has 92 valence electrons. The molecule has 1 atom stereocenters. The van der Waals surface area contributed by atoms with E-state index in [1.54, 1.807) is 0 Å². The lowest BCUT2D eigenvalue weighted by Crippen LogP contribution is -2.12. The summed E-state index contributed by atoms with van der Waals surface area (Å²) in [5.41, 5.74) is 4.03. The summed E-state index contributed by atoms with van der Waals surface area (Å²) in [4.78, 5) is 0. The van der Waals surface area contributed by atoms with Gasteiger partial charge in [0.15, 0.2) is 0 Å². The van der Waals surface area contributed by atoms with Crippen LogP contribution in [0.5, 0.6) is 0 Å². The van der Waals surface area contributed by atoms with Crippen molar-refractivity contribution in [2.24, 2.45) is 0 Å². The van der Waals surface area contributed by atoms with Crippen LogP contribution in [0.2, 0.25) is 0 Å². The van der Waals surface area contributed by atoms with Gasteiger partial charge in [0.1, 0.15) is 0 Å². The van der Waals surface area contributed by atoms with Gasteiger partial charge in [-0.05, 0) is 57.8 Å². The van der Waals surface area contributed by atoms with Crippen LogP contribution >= 0.6 is 0 Å². The molecule has 1 aromatic heterocycles. The van der Waals surface area contributed by atoms with E-state index in [2.05, 4.69) is 61.8 Å². The molecule has 0 saturated heterocycles. The Bertz CT molecular complexity index is 523. The van der Waals surface area contributed by atoms with Gasteiger partial charge in [-0.3, -0.25) is 0 Å². The average molecular weight is 230 g/mol. The molecule has 0 aliphatic carbocycles. The van der Waals surface area contributed by atoms with Crippen molar-refractivity contribution in [2.45, 2.75) is 39.8 Å². The summed E-state index contributed by atoms with van der Waals surface area (Å²) in [5, 5.41) is 4.63. The van der Waals surface area contributed by atoms with E-state index in [-0.39, 0.29) is 0 Å². The van der Waals surface area contributed by atoms with Gasteiger partial charge in [-0.15, -0.1) is 0 Å². The third kappa shape index (κ3) is 2.09. The van der Waals surface area contributed by atoms with Gasteiger partial charge in [-0.1, -0.05) is 12.1 Å². The van der Waals surface area contributed by atoms with Crippen LogP contribution in [0, 0.1) is 6.92 Å². The van der Waals surface area contributed by atoms with Crippen LogP contribution in [0.1, 0.15) is 44.1 Å². The van der Waals surface area contributed by atoms with Crippen molar-refractivity contribution in [2.75, 3.05) is 7.05 Å². The van der Waals surface area contributed by atoms with Gasteiger partial charge in [0, 0.05) is 23.3 Å². The number of aromatic nitrogens is 1. The standard InChI is InChI=1S/C15H22N2/c1-10(2)17-11(3)8-14-7-6-13(9-15(14)17)12(4)16-5/h6-10,12,16H,1-5H3. The van der Waals surface area contributed by atoms with Crippen molar-refractivity contribution in [1.82, 2.24) is 9.88 Å². The van der Waals surface area contributed by atoms with Gasteiger partial charge in [-0.2, -0.15) is 0 Å². The van der Waals surface area contributed by atoms with E-state index in [9.17, 15) is 0 Å². The fraction of sp³-hybridized carbons (Fsp3) is 0.467. The Hall–Kier alpha value is -1.28. The summed E-state index contributed by atoms with van der Waals surface area (Å²) in [6.45, 7) is 8.85. The maximum Gasteiger partial charge on any atom is 0.0488 e. The molecule has 0 radical (unpaired) electrons. The van der Waals surface area contributed by atoms with Crippen LogP contribution in [0.25, 0.3) is 10.9 Å². The van der Waals surface area contributed by atoms with Crippen molar-refractivity contribution >= 4 is 10.9 Å². The van der Waals surface area contributed by atoms with Crippen LogP contribution in [0.15, 0.2) is 24.3 Å². The highest BCUT2D eigenvalue weighted by Gasteiger charge is 2.10. The number of nitrogens with zero attached hydrogens (tertiary/aromatic N) is 1. The summed E-state index contributed by atoms with van der Waals surface area (Å²) in [7, 11) is 2.00. The maximum atomic E-state index is 3.29. The van der Waals surface area contributed by atoms with E-state index >= 15 is 0 Å². The molecular weight excluding hydrogens is 208 g/mol. The lowest BCUT2D eigenvalue weighted by molar-refractivity contribution is 0.606.